The Hall–Kier alpha value is -3.50. The van der Waals surface area contributed by atoms with E-state index in [-0.39, 0.29) is 12.5 Å². The van der Waals surface area contributed by atoms with Gasteiger partial charge in [0.2, 0.25) is 5.96 Å². The van der Waals surface area contributed by atoms with Crippen molar-refractivity contribution in [2.45, 2.75) is 92.6 Å². The Balaban J connectivity index is 3.29. The number of hydrogen-bond acceptors (Lipinski definition) is 8. The molecule has 11 heteroatoms. The number of nitrogens with one attached hydrogen (secondary N) is 3. The summed E-state index contributed by atoms with van der Waals surface area (Å²) < 4.78 is 16.2. The highest BCUT2D eigenvalue weighted by Gasteiger charge is 2.32. The Morgan fingerprint density at radius 2 is 1.38 bits per heavy atom. The number of carbonyl (C=O) groups is 3. The first kappa shape index (κ1) is 31.5. The van der Waals surface area contributed by atoms with E-state index in [0.717, 1.165) is 4.90 Å². The predicted molar refractivity (Wildman–Crippen MR) is 145 cm³/mol. The minimum atomic E-state index is -0.831. The van der Waals surface area contributed by atoms with Crippen LogP contribution in [-0.4, -0.2) is 59.5 Å². The van der Waals surface area contributed by atoms with Crippen LogP contribution in [0.5, 0.6) is 0 Å². The van der Waals surface area contributed by atoms with Crippen LogP contribution in [0.3, 0.4) is 0 Å². The van der Waals surface area contributed by atoms with Crippen molar-refractivity contribution in [3.63, 3.8) is 0 Å². The lowest BCUT2D eigenvalue weighted by atomic mass is 10.1. The number of benzene rings is 1. The number of carbonyl (C=O) groups excluding carboxylic acids is 3. The number of imide groups is 1. The van der Waals surface area contributed by atoms with E-state index in [0.29, 0.717) is 23.5 Å². The van der Waals surface area contributed by atoms with Gasteiger partial charge in [0.15, 0.2) is 0 Å². The molecule has 0 aliphatic heterocycles. The van der Waals surface area contributed by atoms with E-state index >= 15 is 0 Å². The van der Waals surface area contributed by atoms with E-state index in [1.807, 2.05) is 6.92 Å². The van der Waals surface area contributed by atoms with Crippen LogP contribution in [0.25, 0.3) is 0 Å². The van der Waals surface area contributed by atoms with Gasteiger partial charge in [0.05, 0.1) is 6.54 Å². The number of nitrogens with zero attached hydrogens (tertiary/aromatic N) is 2. The first-order chi connectivity index (χ1) is 16.8. The maximum atomic E-state index is 13.0. The molecule has 0 unspecified atom stereocenters. The summed E-state index contributed by atoms with van der Waals surface area (Å²) in [6.45, 7) is 17.7. The SMILES string of the molecule is CC/N=C(/NC(=O)OC(C)(C)C)Nc1ccc(NC)c(CN(C(=O)OC(C)(C)C)C(=O)OC(C)(C)C)c1. The molecule has 0 saturated carbocycles. The van der Waals surface area contributed by atoms with Crippen LogP contribution in [0, 0.1) is 0 Å². The third-order valence-corrected chi connectivity index (χ3v) is 4.13. The summed E-state index contributed by atoms with van der Waals surface area (Å²) >= 11 is 0. The number of rotatable bonds is 5. The van der Waals surface area contributed by atoms with Crippen molar-refractivity contribution in [1.29, 1.82) is 0 Å². The van der Waals surface area contributed by atoms with Crippen molar-refractivity contribution in [2.24, 2.45) is 4.99 Å². The number of guanidine groups is 1. The van der Waals surface area contributed by atoms with Crippen LogP contribution in [0.4, 0.5) is 25.8 Å². The molecule has 0 aliphatic rings. The zero-order valence-corrected chi connectivity index (χ0v) is 24.0. The fourth-order valence-corrected chi connectivity index (χ4v) is 2.86. The Labute approximate surface area is 220 Å². The van der Waals surface area contributed by atoms with Crippen LogP contribution in [-0.2, 0) is 20.8 Å². The first-order valence-corrected chi connectivity index (χ1v) is 12.2. The van der Waals surface area contributed by atoms with E-state index in [9.17, 15) is 14.4 Å². The molecule has 0 aliphatic carbocycles. The number of ether oxygens (including phenoxy) is 3. The van der Waals surface area contributed by atoms with Gasteiger partial charge in [0, 0.05) is 25.0 Å². The fraction of sp³-hybridized carbons (Fsp3) is 0.615. The van der Waals surface area contributed by atoms with Gasteiger partial charge in [-0.3, -0.25) is 10.3 Å². The zero-order chi connectivity index (χ0) is 28.6. The number of hydrogen-bond donors (Lipinski definition) is 3. The second-order valence-electron chi connectivity index (χ2n) is 11.2. The van der Waals surface area contributed by atoms with Gasteiger partial charge in [-0.05, 0) is 93.0 Å². The summed E-state index contributed by atoms with van der Waals surface area (Å²) in [5.74, 6) is 0.191. The van der Waals surface area contributed by atoms with Crippen LogP contribution in [0.1, 0.15) is 74.8 Å². The molecule has 208 valence electrons. The molecule has 11 nitrogen and oxygen atoms in total. The summed E-state index contributed by atoms with van der Waals surface area (Å²) in [7, 11) is 1.73. The number of amides is 3. The lowest BCUT2D eigenvalue weighted by Crippen LogP contribution is -2.43. The van der Waals surface area contributed by atoms with Crippen molar-refractivity contribution in [1.82, 2.24) is 10.2 Å². The highest BCUT2D eigenvalue weighted by Crippen LogP contribution is 2.24. The van der Waals surface area contributed by atoms with Crippen molar-refractivity contribution in [2.75, 3.05) is 24.2 Å². The smallest absolute Gasteiger partial charge is 0.420 e. The standard InChI is InChI=1S/C26H43N5O6/c1-12-28-20(30-21(32)35-24(2,3)4)29-18-13-14-19(27-11)17(15-18)16-31(22(33)36-25(5,6)7)23(34)37-26(8,9)10/h13-15,27H,12,16H2,1-11H3,(H2,28,29,30,32). The molecule has 0 radical (unpaired) electrons. The summed E-state index contributed by atoms with van der Waals surface area (Å²) in [6, 6.07) is 5.27. The molecule has 3 amide bonds. The van der Waals surface area contributed by atoms with Gasteiger partial charge in [-0.2, -0.15) is 0 Å². The normalized spacial score (nSPS) is 12.4. The maximum Gasteiger partial charge on any atom is 0.420 e. The molecule has 3 N–H and O–H groups in total. The van der Waals surface area contributed by atoms with Gasteiger partial charge < -0.3 is 24.8 Å². The second kappa shape index (κ2) is 12.6. The average Bonchev–Trinajstić information content (AvgIpc) is 2.68. The van der Waals surface area contributed by atoms with Gasteiger partial charge in [-0.15, -0.1) is 0 Å². The zero-order valence-electron chi connectivity index (χ0n) is 24.0. The Bertz CT molecular complexity index is 959. The predicted octanol–water partition coefficient (Wildman–Crippen LogP) is 5.71. The topological polar surface area (TPSA) is 131 Å². The molecule has 0 aromatic heterocycles. The molecular formula is C26H43N5O6. The van der Waals surface area contributed by atoms with Gasteiger partial charge in [0.1, 0.15) is 16.8 Å². The van der Waals surface area contributed by atoms with Gasteiger partial charge in [-0.25, -0.2) is 19.3 Å². The Morgan fingerprint density at radius 1 is 0.865 bits per heavy atom. The Kier molecular flexibility index (Phi) is 10.8. The maximum absolute atomic E-state index is 13.0. The van der Waals surface area contributed by atoms with Crippen molar-refractivity contribution < 1.29 is 28.6 Å². The minimum Gasteiger partial charge on any atom is -0.444 e. The minimum absolute atomic E-state index is 0.130. The quantitative estimate of drug-likeness (QED) is 0.255. The largest absolute Gasteiger partial charge is 0.444 e. The van der Waals surface area contributed by atoms with Crippen LogP contribution >= 0.6 is 0 Å². The third kappa shape index (κ3) is 12.3. The van der Waals surface area contributed by atoms with Crippen molar-refractivity contribution in [3.05, 3.63) is 23.8 Å². The number of anilines is 2. The van der Waals surface area contributed by atoms with Crippen LogP contribution < -0.4 is 16.0 Å². The van der Waals surface area contributed by atoms with Gasteiger partial charge >= 0.3 is 18.3 Å². The number of alkyl carbamates (subject to hydrolysis) is 1. The highest BCUT2D eigenvalue weighted by molar-refractivity contribution is 6.02. The fourth-order valence-electron chi connectivity index (χ4n) is 2.86. The monoisotopic (exact) mass is 521 g/mol. The molecule has 1 rings (SSSR count). The lowest BCUT2D eigenvalue weighted by molar-refractivity contribution is -0.000252. The average molecular weight is 522 g/mol. The molecule has 0 spiro atoms. The lowest BCUT2D eigenvalue weighted by Gasteiger charge is -2.29. The highest BCUT2D eigenvalue weighted by atomic mass is 16.6. The molecule has 0 heterocycles. The molecule has 37 heavy (non-hydrogen) atoms. The Morgan fingerprint density at radius 3 is 1.81 bits per heavy atom. The van der Waals surface area contributed by atoms with Crippen molar-refractivity contribution >= 4 is 35.6 Å². The van der Waals surface area contributed by atoms with E-state index in [2.05, 4.69) is 20.9 Å². The molecular weight excluding hydrogens is 478 g/mol. The van der Waals surface area contributed by atoms with Crippen molar-refractivity contribution in [3.8, 4) is 0 Å². The first-order valence-electron chi connectivity index (χ1n) is 12.2. The summed E-state index contributed by atoms with van der Waals surface area (Å²) in [6.07, 6.45) is -2.32. The van der Waals surface area contributed by atoms with Crippen LogP contribution in [0.2, 0.25) is 0 Å². The second-order valence-corrected chi connectivity index (χ2v) is 11.2. The van der Waals surface area contributed by atoms with E-state index in [1.165, 1.54) is 0 Å². The number of aliphatic imine (C=N–C) groups is 1. The summed E-state index contributed by atoms with van der Waals surface area (Å²) in [5.41, 5.74) is -0.466. The molecule has 1 aromatic carbocycles. The molecule has 1 aromatic rings. The molecule has 0 atom stereocenters. The van der Waals surface area contributed by atoms with E-state index in [4.69, 9.17) is 14.2 Å². The van der Waals surface area contributed by atoms with E-state index in [1.54, 1.807) is 87.6 Å². The molecule has 0 fully saturated rings. The molecule has 0 bridgehead atoms. The third-order valence-electron chi connectivity index (χ3n) is 4.13. The molecule has 0 saturated heterocycles. The van der Waals surface area contributed by atoms with Gasteiger partial charge in [0.25, 0.3) is 0 Å². The van der Waals surface area contributed by atoms with E-state index < -0.39 is 35.1 Å². The van der Waals surface area contributed by atoms with Crippen LogP contribution in [0.15, 0.2) is 23.2 Å². The van der Waals surface area contributed by atoms with Gasteiger partial charge in [-0.1, -0.05) is 0 Å². The summed E-state index contributed by atoms with van der Waals surface area (Å²) in [4.78, 5) is 43.4. The summed E-state index contributed by atoms with van der Waals surface area (Å²) in [5, 5.41) is 8.72.